The topological polar surface area (TPSA) is 141 Å². The summed E-state index contributed by atoms with van der Waals surface area (Å²) in [5, 5.41) is 3.26. The maximum absolute atomic E-state index is 12.5. The van der Waals surface area contributed by atoms with Crippen LogP contribution in [0.1, 0.15) is 29.8 Å². The van der Waals surface area contributed by atoms with E-state index >= 15 is 0 Å². The molecule has 3 aromatic rings. The Hall–Kier alpha value is -4.70. The number of anilines is 2. The Morgan fingerprint density at radius 3 is 2.48 bits per heavy atom. The molecule has 210 valence electrons. The molecule has 0 fully saturated rings. The monoisotopic (exact) mass is 547 g/mol. The largest absolute Gasteiger partial charge is 0.460 e. The van der Waals surface area contributed by atoms with Gasteiger partial charge in [-0.2, -0.15) is 0 Å². The van der Waals surface area contributed by atoms with Crippen LogP contribution in [0, 0.1) is 0 Å². The number of ether oxygens (including phenoxy) is 2. The van der Waals surface area contributed by atoms with E-state index in [0.717, 1.165) is 30.4 Å². The lowest BCUT2D eigenvalue weighted by atomic mass is 10.1. The molecule has 0 radical (unpaired) electrons. The van der Waals surface area contributed by atoms with Gasteiger partial charge < -0.3 is 29.8 Å². The number of nitrogens with zero attached hydrogens (tertiary/aromatic N) is 1. The molecule has 2 aromatic carbocycles. The highest BCUT2D eigenvalue weighted by Gasteiger charge is 2.14. The number of rotatable bonds is 14. The Balaban J connectivity index is 1.43. The van der Waals surface area contributed by atoms with Gasteiger partial charge in [-0.05, 0) is 61.9 Å². The van der Waals surface area contributed by atoms with E-state index in [2.05, 4.69) is 10.2 Å². The molecule has 3 N–H and O–H groups in total. The number of carbonyl (C=O) groups excluding carboxylic acids is 3. The van der Waals surface area contributed by atoms with Gasteiger partial charge >= 0.3 is 11.6 Å². The summed E-state index contributed by atoms with van der Waals surface area (Å²) >= 11 is 0. The zero-order chi connectivity index (χ0) is 28.9. The fourth-order valence-electron chi connectivity index (χ4n) is 3.81. The predicted molar refractivity (Wildman–Crippen MR) is 154 cm³/mol. The van der Waals surface area contributed by atoms with Crippen LogP contribution < -0.4 is 21.6 Å². The second-order valence-electron chi connectivity index (χ2n) is 8.60. The summed E-state index contributed by atoms with van der Waals surface area (Å²) in [7, 11) is 0. The number of hydrogen-bond donors (Lipinski definition) is 2. The third kappa shape index (κ3) is 8.40. The molecule has 0 aliphatic rings. The van der Waals surface area contributed by atoms with Crippen molar-refractivity contribution >= 4 is 46.6 Å². The molecule has 0 saturated carbocycles. The van der Waals surface area contributed by atoms with Crippen molar-refractivity contribution in [3.05, 3.63) is 87.8 Å². The minimum atomic E-state index is -0.723. The van der Waals surface area contributed by atoms with E-state index in [0.29, 0.717) is 22.9 Å². The van der Waals surface area contributed by atoms with E-state index in [4.69, 9.17) is 19.6 Å². The van der Waals surface area contributed by atoms with E-state index in [1.54, 1.807) is 36.4 Å². The first-order valence-corrected chi connectivity index (χ1v) is 12.9. The van der Waals surface area contributed by atoms with Crippen LogP contribution in [0.4, 0.5) is 11.4 Å². The van der Waals surface area contributed by atoms with Crippen LogP contribution in [0.25, 0.3) is 17.0 Å². The number of nitrogens with two attached hydrogens (primary N) is 1. The summed E-state index contributed by atoms with van der Waals surface area (Å²) in [5.41, 5.74) is 7.68. The minimum Gasteiger partial charge on any atom is -0.460 e. The van der Waals surface area contributed by atoms with Crippen LogP contribution in [0.2, 0.25) is 0 Å². The van der Waals surface area contributed by atoms with Crippen molar-refractivity contribution in [2.45, 2.75) is 13.8 Å². The molecule has 10 heteroatoms. The fourth-order valence-corrected chi connectivity index (χ4v) is 3.81. The van der Waals surface area contributed by atoms with E-state index in [9.17, 15) is 19.2 Å². The number of benzene rings is 2. The first kappa shape index (κ1) is 29.9. The lowest BCUT2D eigenvalue weighted by molar-refractivity contribution is -0.140. The van der Waals surface area contributed by atoms with Gasteiger partial charge in [-0.15, -0.1) is 0 Å². The number of nitrogen functional groups attached to an aromatic ring is 1. The average molecular weight is 548 g/mol. The number of allylic oxidation sites excluding steroid dienone is 1. The number of fused-ring (bicyclic) bond motifs is 1. The highest BCUT2D eigenvalue weighted by atomic mass is 16.6. The van der Waals surface area contributed by atoms with Gasteiger partial charge in [0.15, 0.2) is 0 Å². The molecule has 0 aliphatic carbocycles. The van der Waals surface area contributed by atoms with Crippen molar-refractivity contribution in [1.29, 1.82) is 0 Å². The molecule has 1 amide bonds. The normalized spacial score (nSPS) is 11.5. The van der Waals surface area contributed by atoms with Crippen molar-refractivity contribution in [2.24, 2.45) is 0 Å². The van der Waals surface area contributed by atoms with Gasteiger partial charge in [-0.1, -0.05) is 18.2 Å². The van der Waals surface area contributed by atoms with Crippen molar-refractivity contribution < 1.29 is 28.3 Å². The first-order valence-electron chi connectivity index (χ1n) is 12.9. The highest BCUT2D eigenvalue weighted by Crippen LogP contribution is 2.22. The van der Waals surface area contributed by atoms with Gasteiger partial charge in [-0.25, -0.2) is 9.59 Å². The van der Waals surface area contributed by atoms with Crippen LogP contribution in [-0.4, -0.2) is 57.6 Å². The highest BCUT2D eigenvalue weighted by molar-refractivity contribution is 5.97. The molecule has 0 unspecified atom stereocenters. The quantitative estimate of drug-likeness (QED) is 0.0591. The number of nitrogens with one attached hydrogen (secondary N) is 1. The number of esters is 1. The van der Waals surface area contributed by atoms with Crippen molar-refractivity contribution in [3.8, 4) is 0 Å². The van der Waals surface area contributed by atoms with Crippen molar-refractivity contribution in [2.75, 3.05) is 50.1 Å². The molecular weight excluding hydrogens is 514 g/mol. The second-order valence-corrected chi connectivity index (χ2v) is 8.60. The molecule has 0 saturated heterocycles. The van der Waals surface area contributed by atoms with E-state index < -0.39 is 17.5 Å². The molecule has 3 rings (SSSR count). The van der Waals surface area contributed by atoms with Crippen LogP contribution in [0.3, 0.4) is 0 Å². The summed E-state index contributed by atoms with van der Waals surface area (Å²) in [4.78, 5) is 50.2. The van der Waals surface area contributed by atoms with Gasteiger partial charge in [-0.3, -0.25) is 9.59 Å². The number of hydrogen-bond acceptors (Lipinski definition) is 9. The van der Waals surface area contributed by atoms with E-state index in [-0.39, 0.29) is 37.5 Å². The zero-order valence-electron chi connectivity index (χ0n) is 22.6. The standard InChI is InChI=1S/C30H33N3O7/c1-3-33(4-2)25-12-9-23-19-26(30(37)40-27(23)20-25)28(35)32-14-16-38-17-18-39-29(36)22(13-15-34)8-5-21-6-10-24(31)11-7-21/h5-13,15,19-20H,3-4,14,16-18,31H2,1-2H3,(H,32,35). The van der Waals surface area contributed by atoms with Gasteiger partial charge in [0.2, 0.25) is 0 Å². The summed E-state index contributed by atoms with van der Waals surface area (Å²) in [6.45, 7) is 6.00. The Morgan fingerprint density at radius 1 is 1.02 bits per heavy atom. The molecule has 1 heterocycles. The maximum atomic E-state index is 12.5. The SMILES string of the molecule is CCN(CC)c1ccc2cc(C(=O)NCCOCCOC(=O)C(C=Cc3ccc(N)cc3)=CC=O)c(=O)oc2c1. The molecule has 10 nitrogen and oxygen atoms in total. The zero-order valence-corrected chi connectivity index (χ0v) is 22.6. The van der Waals surface area contributed by atoms with E-state index in [1.807, 2.05) is 26.0 Å². The van der Waals surface area contributed by atoms with Gasteiger partial charge in [0.05, 0.1) is 18.8 Å². The summed E-state index contributed by atoms with van der Waals surface area (Å²) in [6, 6.07) is 14.0. The van der Waals surface area contributed by atoms with Crippen molar-refractivity contribution in [3.63, 3.8) is 0 Å². The molecular formula is C30H33N3O7. The van der Waals surface area contributed by atoms with Crippen LogP contribution in [-0.2, 0) is 19.1 Å². The van der Waals surface area contributed by atoms with Gasteiger partial charge in [0.1, 0.15) is 24.0 Å². The third-order valence-electron chi connectivity index (χ3n) is 5.96. The number of amides is 1. The van der Waals surface area contributed by atoms with Crippen LogP contribution in [0.15, 0.2) is 75.5 Å². The Morgan fingerprint density at radius 2 is 1.77 bits per heavy atom. The summed E-state index contributed by atoms with van der Waals surface area (Å²) < 4.78 is 15.9. The first-order chi connectivity index (χ1) is 19.4. The smallest absolute Gasteiger partial charge is 0.349 e. The second kappa shape index (κ2) is 15.0. The Bertz CT molecular complexity index is 1440. The third-order valence-corrected chi connectivity index (χ3v) is 5.96. The van der Waals surface area contributed by atoms with Crippen LogP contribution in [0.5, 0.6) is 0 Å². The number of aldehydes is 1. The summed E-state index contributed by atoms with van der Waals surface area (Å²) in [5.74, 6) is -1.25. The lowest BCUT2D eigenvalue weighted by Crippen LogP contribution is -2.31. The molecule has 0 bridgehead atoms. The predicted octanol–water partition coefficient (Wildman–Crippen LogP) is 3.35. The molecule has 0 aliphatic heterocycles. The minimum absolute atomic E-state index is 0.0531. The molecule has 1 aromatic heterocycles. The maximum Gasteiger partial charge on any atom is 0.349 e. The molecule has 0 atom stereocenters. The Labute approximate surface area is 232 Å². The van der Waals surface area contributed by atoms with Gasteiger partial charge in [0.25, 0.3) is 5.91 Å². The molecule has 0 spiro atoms. The van der Waals surface area contributed by atoms with E-state index in [1.165, 1.54) is 12.1 Å². The van der Waals surface area contributed by atoms with Gasteiger partial charge in [0, 0.05) is 42.5 Å². The number of carbonyl (C=O) groups is 3. The fraction of sp³-hybridized carbons (Fsp3) is 0.267. The molecule has 40 heavy (non-hydrogen) atoms. The average Bonchev–Trinajstić information content (AvgIpc) is 2.95. The van der Waals surface area contributed by atoms with Crippen LogP contribution >= 0.6 is 0 Å². The summed E-state index contributed by atoms with van der Waals surface area (Å²) in [6.07, 6.45) is 4.75. The lowest BCUT2D eigenvalue weighted by Gasteiger charge is -2.21. The Kier molecular flexibility index (Phi) is 11.2. The van der Waals surface area contributed by atoms with Crippen molar-refractivity contribution in [1.82, 2.24) is 5.32 Å².